The van der Waals surface area contributed by atoms with Gasteiger partial charge in [-0.3, -0.25) is 9.59 Å². The van der Waals surface area contributed by atoms with Crippen molar-refractivity contribution < 1.29 is 14.3 Å². The molecule has 0 aliphatic carbocycles. The summed E-state index contributed by atoms with van der Waals surface area (Å²) in [4.78, 5) is 23.8. The quantitative estimate of drug-likeness (QED) is 0.500. The Morgan fingerprint density at radius 3 is 2.50 bits per heavy atom. The lowest BCUT2D eigenvalue weighted by Crippen LogP contribution is -2.27. The molecule has 0 aromatic rings. The van der Waals surface area contributed by atoms with Gasteiger partial charge >= 0.3 is 5.97 Å². The maximum atomic E-state index is 11.5. The summed E-state index contributed by atoms with van der Waals surface area (Å²) in [7, 11) is 0. The second-order valence-corrected chi connectivity index (χ2v) is 3.53. The molecule has 0 bridgehead atoms. The molecule has 0 unspecified atom stereocenters. The first-order valence-electron chi connectivity index (χ1n) is 5.11. The Labute approximate surface area is 84.2 Å². The molecular weight excluding hydrogens is 182 g/mol. The highest BCUT2D eigenvalue weighted by molar-refractivity contribution is 5.76. The van der Waals surface area contributed by atoms with E-state index >= 15 is 0 Å². The topological polar surface area (TPSA) is 46.6 Å². The second kappa shape index (κ2) is 5.62. The van der Waals surface area contributed by atoms with E-state index in [1.54, 1.807) is 0 Å². The third kappa shape index (κ3) is 3.77. The molecule has 1 fully saturated rings. The molecule has 0 aromatic carbocycles. The number of ether oxygens (including phenoxy) is 1. The van der Waals surface area contributed by atoms with Gasteiger partial charge in [-0.15, -0.1) is 0 Å². The fourth-order valence-corrected chi connectivity index (χ4v) is 1.56. The number of carbonyl (C=O) groups is 2. The van der Waals surface area contributed by atoms with Gasteiger partial charge in [0.1, 0.15) is 0 Å². The van der Waals surface area contributed by atoms with Gasteiger partial charge in [0.2, 0.25) is 5.91 Å². The SMILES string of the molecule is CC(=O)OCCCC(=O)N1CCCC1. The minimum Gasteiger partial charge on any atom is -0.466 e. The van der Waals surface area contributed by atoms with Gasteiger partial charge in [0.15, 0.2) is 0 Å². The van der Waals surface area contributed by atoms with Crippen LogP contribution in [0.15, 0.2) is 0 Å². The number of rotatable bonds is 4. The predicted molar refractivity (Wildman–Crippen MR) is 51.7 cm³/mol. The Morgan fingerprint density at radius 1 is 1.29 bits per heavy atom. The highest BCUT2D eigenvalue weighted by Gasteiger charge is 2.16. The lowest BCUT2D eigenvalue weighted by molar-refractivity contribution is -0.142. The van der Waals surface area contributed by atoms with Crippen molar-refractivity contribution in [2.45, 2.75) is 32.6 Å². The van der Waals surface area contributed by atoms with Crippen molar-refractivity contribution in [1.82, 2.24) is 4.90 Å². The smallest absolute Gasteiger partial charge is 0.302 e. The molecule has 1 rings (SSSR count). The summed E-state index contributed by atoms with van der Waals surface area (Å²) >= 11 is 0. The van der Waals surface area contributed by atoms with Crippen LogP contribution >= 0.6 is 0 Å². The van der Waals surface area contributed by atoms with Crippen LogP contribution in [0.25, 0.3) is 0 Å². The van der Waals surface area contributed by atoms with E-state index in [-0.39, 0.29) is 11.9 Å². The van der Waals surface area contributed by atoms with E-state index in [2.05, 4.69) is 0 Å². The molecule has 0 N–H and O–H groups in total. The molecule has 1 saturated heterocycles. The third-order valence-corrected chi connectivity index (χ3v) is 2.30. The van der Waals surface area contributed by atoms with Gasteiger partial charge in [0.25, 0.3) is 0 Å². The van der Waals surface area contributed by atoms with Crippen LogP contribution in [0, 0.1) is 0 Å². The zero-order valence-electron chi connectivity index (χ0n) is 8.62. The summed E-state index contributed by atoms with van der Waals surface area (Å²) in [6.07, 6.45) is 3.37. The zero-order chi connectivity index (χ0) is 10.4. The Morgan fingerprint density at radius 2 is 1.93 bits per heavy atom. The number of esters is 1. The number of hydrogen-bond donors (Lipinski definition) is 0. The monoisotopic (exact) mass is 199 g/mol. The van der Waals surface area contributed by atoms with E-state index in [4.69, 9.17) is 4.74 Å². The number of nitrogens with zero attached hydrogens (tertiary/aromatic N) is 1. The average molecular weight is 199 g/mol. The van der Waals surface area contributed by atoms with Crippen molar-refractivity contribution in [3.63, 3.8) is 0 Å². The summed E-state index contributed by atoms with van der Waals surface area (Å²) in [5, 5.41) is 0. The standard InChI is InChI=1S/C10H17NO3/c1-9(12)14-8-4-5-10(13)11-6-2-3-7-11/h2-8H2,1H3. The summed E-state index contributed by atoms with van der Waals surface area (Å²) < 4.78 is 4.75. The molecular formula is C10H17NO3. The molecule has 0 spiro atoms. The normalized spacial score (nSPS) is 15.6. The Balaban J connectivity index is 2.05. The van der Waals surface area contributed by atoms with Gasteiger partial charge in [-0.1, -0.05) is 0 Å². The van der Waals surface area contributed by atoms with E-state index in [0.29, 0.717) is 19.4 Å². The van der Waals surface area contributed by atoms with Gasteiger partial charge in [0.05, 0.1) is 6.61 Å². The number of likely N-dealkylation sites (tertiary alicyclic amines) is 1. The Bertz CT molecular complexity index is 209. The van der Waals surface area contributed by atoms with E-state index in [0.717, 1.165) is 25.9 Å². The Hall–Kier alpha value is -1.06. The molecule has 1 aliphatic rings. The van der Waals surface area contributed by atoms with E-state index in [1.165, 1.54) is 6.92 Å². The molecule has 0 aromatic heterocycles. The largest absolute Gasteiger partial charge is 0.466 e. The molecule has 0 atom stereocenters. The number of hydrogen-bond acceptors (Lipinski definition) is 3. The molecule has 1 aliphatic heterocycles. The molecule has 80 valence electrons. The van der Waals surface area contributed by atoms with Crippen LogP contribution in [-0.4, -0.2) is 36.5 Å². The van der Waals surface area contributed by atoms with Crippen LogP contribution in [0.3, 0.4) is 0 Å². The first-order valence-corrected chi connectivity index (χ1v) is 5.11. The van der Waals surface area contributed by atoms with Crippen LogP contribution < -0.4 is 0 Å². The fraction of sp³-hybridized carbons (Fsp3) is 0.800. The van der Waals surface area contributed by atoms with Crippen molar-refractivity contribution in [3.8, 4) is 0 Å². The number of amides is 1. The Kier molecular flexibility index (Phi) is 4.43. The summed E-state index contributed by atoms with van der Waals surface area (Å²) in [6.45, 7) is 3.52. The highest BCUT2D eigenvalue weighted by Crippen LogP contribution is 2.09. The van der Waals surface area contributed by atoms with Gasteiger partial charge in [-0.25, -0.2) is 0 Å². The van der Waals surface area contributed by atoms with Gasteiger partial charge in [-0.05, 0) is 19.3 Å². The first kappa shape index (κ1) is 11.0. The maximum Gasteiger partial charge on any atom is 0.302 e. The van der Waals surface area contributed by atoms with Crippen molar-refractivity contribution in [2.75, 3.05) is 19.7 Å². The van der Waals surface area contributed by atoms with Crippen LogP contribution in [0.4, 0.5) is 0 Å². The summed E-state index contributed by atoms with van der Waals surface area (Å²) in [6, 6.07) is 0. The second-order valence-electron chi connectivity index (χ2n) is 3.53. The van der Waals surface area contributed by atoms with E-state index in [1.807, 2.05) is 4.90 Å². The van der Waals surface area contributed by atoms with Gasteiger partial charge in [0, 0.05) is 26.4 Å². The molecule has 4 nitrogen and oxygen atoms in total. The minimum absolute atomic E-state index is 0.189. The van der Waals surface area contributed by atoms with Gasteiger partial charge < -0.3 is 9.64 Å². The van der Waals surface area contributed by atoms with Crippen molar-refractivity contribution in [1.29, 1.82) is 0 Å². The number of carbonyl (C=O) groups excluding carboxylic acids is 2. The van der Waals surface area contributed by atoms with E-state index in [9.17, 15) is 9.59 Å². The van der Waals surface area contributed by atoms with Crippen LogP contribution in [0.5, 0.6) is 0 Å². The van der Waals surface area contributed by atoms with Crippen molar-refractivity contribution in [2.24, 2.45) is 0 Å². The third-order valence-electron chi connectivity index (χ3n) is 2.30. The predicted octanol–water partition coefficient (Wildman–Crippen LogP) is 0.952. The van der Waals surface area contributed by atoms with Crippen LogP contribution in [0.2, 0.25) is 0 Å². The van der Waals surface area contributed by atoms with E-state index < -0.39 is 0 Å². The summed E-state index contributed by atoms with van der Waals surface area (Å²) in [5.74, 6) is -0.0896. The van der Waals surface area contributed by atoms with Crippen LogP contribution in [-0.2, 0) is 14.3 Å². The molecule has 0 radical (unpaired) electrons. The molecule has 14 heavy (non-hydrogen) atoms. The highest BCUT2D eigenvalue weighted by atomic mass is 16.5. The van der Waals surface area contributed by atoms with Crippen LogP contribution in [0.1, 0.15) is 32.6 Å². The van der Waals surface area contributed by atoms with Crippen molar-refractivity contribution in [3.05, 3.63) is 0 Å². The minimum atomic E-state index is -0.279. The first-order chi connectivity index (χ1) is 6.70. The zero-order valence-corrected chi connectivity index (χ0v) is 8.62. The van der Waals surface area contributed by atoms with Crippen molar-refractivity contribution >= 4 is 11.9 Å². The lowest BCUT2D eigenvalue weighted by atomic mass is 10.3. The fourth-order valence-electron chi connectivity index (χ4n) is 1.56. The molecule has 0 saturated carbocycles. The molecule has 1 heterocycles. The lowest BCUT2D eigenvalue weighted by Gasteiger charge is -2.14. The summed E-state index contributed by atoms with van der Waals surface area (Å²) in [5.41, 5.74) is 0. The van der Waals surface area contributed by atoms with Gasteiger partial charge in [-0.2, -0.15) is 0 Å². The average Bonchev–Trinajstić information content (AvgIpc) is 2.64. The maximum absolute atomic E-state index is 11.5. The molecule has 1 amide bonds. The molecule has 4 heteroatoms.